The molecule has 270 valence electrons. The molecule has 0 atom stereocenters. The Kier molecular flexibility index (Phi) is 13.5. The third-order valence-corrected chi connectivity index (χ3v) is 6.33. The van der Waals surface area contributed by atoms with E-state index >= 15 is 0 Å². The molecule has 0 unspecified atom stereocenters. The fourth-order valence-electron chi connectivity index (χ4n) is 4.21. The van der Waals surface area contributed by atoms with Crippen molar-refractivity contribution >= 4 is 30.6 Å². The molecule has 0 N–H and O–H groups in total. The van der Waals surface area contributed by atoms with Gasteiger partial charge >= 0.3 is 18.3 Å². The number of ether oxygens (including phenoxy) is 5. The lowest BCUT2D eigenvalue weighted by Gasteiger charge is -2.18. The zero-order chi connectivity index (χ0) is 37.8. The molecule has 0 amide bonds. The first kappa shape index (κ1) is 39.7. The van der Waals surface area contributed by atoms with Crippen LogP contribution in [-0.2, 0) is 19.0 Å². The van der Waals surface area contributed by atoms with E-state index in [0.717, 1.165) is 34.1 Å². The second-order valence-electron chi connectivity index (χ2n) is 14.4. The third-order valence-electron chi connectivity index (χ3n) is 6.33. The van der Waals surface area contributed by atoms with Crippen LogP contribution in [0.5, 0.6) is 11.5 Å². The molecule has 4 aromatic rings. The Morgan fingerprint density at radius 2 is 0.784 bits per heavy atom. The summed E-state index contributed by atoms with van der Waals surface area (Å²) in [5.41, 5.74) is 3.76. The summed E-state index contributed by atoms with van der Waals surface area (Å²) in [6.07, 6.45) is 2.49. The number of carbonyl (C=O) groups is 4. The number of aldehydes is 1. The van der Waals surface area contributed by atoms with Gasteiger partial charge in [0.05, 0.1) is 0 Å². The van der Waals surface area contributed by atoms with Crippen LogP contribution in [-0.4, -0.2) is 41.4 Å². The smallest absolute Gasteiger partial charge is 0.457 e. The van der Waals surface area contributed by atoms with Crippen molar-refractivity contribution in [2.24, 2.45) is 0 Å². The van der Waals surface area contributed by atoms with Crippen molar-refractivity contribution in [3.8, 4) is 33.8 Å². The molecule has 4 aromatic carbocycles. The van der Waals surface area contributed by atoms with Gasteiger partial charge in [-0.25, -0.2) is 14.4 Å². The second-order valence-corrected chi connectivity index (χ2v) is 14.4. The molecule has 0 spiro atoms. The number of rotatable bonds is 7. The lowest BCUT2D eigenvalue weighted by atomic mass is 10.0. The minimum Gasteiger partial charge on any atom is -0.457 e. The van der Waals surface area contributed by atoms with Gasteiger partial charge in [0.15, 0.2) is 0 Å². The normalized spacial score (nSPS) is 11.5. The van der Waals surface area contributed by atoms with Crippen molar-refractivity contribution in [3.63, 3.8) is 0 Å². The van der Waals surface area contributed by atoms with E-state index in [-0.39, 0.29) is 7.40 Å². The van der Waals surface area contributed by atoms with Crippen LogP contribution in [0.2, 0.25) is 0 Å². The number of esters is 1. The van der Waals surface area contributed by atoms with Gasteiger partial charge in [-0.3, -0.25) is 4.79 Å². The Morgan fingerprint density at radius 1 is 0.471 bits per heavy atom. The molecule has 0 aliphatic carbocycles. The molecular formula is C42H48O9. The Balaban J connectivity index is 0.000000366. The molecule has 0 bridgehead atoms. The lowest BCUT2D eigenvalue weighted by Crippen LogP contribution is -2.25. The largest absolute Gasteiger partial charge is 0.514 e. The Labute approximate surface area is 301 Å². The van der Waals surface area contributed by atoms with Crippen LogP contribution in [0.3, 0.4) is 0 Å². The van der Waals surface area contributed by atoms with Crippen LogP contribution < -0.4 is 9.47 Å². The molecular weight excluding hydrogens is 648 g/mol. The molecule has 0 radical (unpaired) electrons. The van der Waals surface area contributed by atoms with Crippen molar-refractivity contribution in [1.29, 1.82) is 0 Å². The Hall–Kier alpha value is -5.70. The van der Waals surface area contributed by atoms with Crippen LogP contribution in [0.4, 0.5) is 9.59 Å². The molecule has 9 heteroatoms. The van der Waals surface area contributed by atoms with Crippen molar-refractivity contribution < 1.29 is 44.3 Å². The summed E-state index contributed by atoms with van der Waals surface area (Å²) in [5, 5.41) is 0. The maximum absolute atomic E-state index is 11.8. The lowest BCUT2D eigenvalue weighted by molar-refractivity contribution is -0.148. The van der Waals surface area contributed by atoms with Crippen molar-refractivity contribution in [3.05, 3.63) is 114 Å². The van der Waals surface area contributed by atoms with E-state index in [9.17, 15) is 19.2 Å². The second kappa shape index (κ2) is 17.3. The summed E-state index contributed by atoms with van der Waals surface area (Å²) >= 11 is 0. The number of hydrogen-bond donors (Lipinski definition) is 0. The van der Waals surface area contributed by atoms with Crippen LogP contribution in [0.15, 0.2) is 103 Å². The summed E-state index contributed by atoms with van der Waals surface area (Å²) in [6.45, 7) is 16.2. The highest BCUT2D eigenvalue weighted by molar-refractivity contribution is 5.87. The standard InChI is InChI=1S/C24H28O5.C18H18O4.H2/c1-23(2,3)28-21(25)16-9-17-7-10-18(11-8-17)19-12-14-20(15-13-19)27-22(26)29-24(4,5)6;1-18(2,3)22-17(20)21-16-10-8-15(9-11-16)14-6-4-13(12-19)5-7-14;/h7-16H,1-6H3;4-12H,1-3H3;1H/b16-9+;;. The van der Waals surface area contributed by atoms with E-state index in [1.807, 2.05) is 81.4 Å². The van der Waals surface area contributed by atoms with Crippen molar-refractivity contribution in [1.82, 2.24) is 0 Å². The fourth-order valence-corrected chi connectivity index (χ4v) is 4.21. The third kappa shape index (κ3) is 15.2. The summed E-state index contributed by atoms with van der Waals surface area (Å²) in [5.74, 6) is 0.463. The first-order chi connectivity index (χ1) is 23.8. The zero-order valence-electron chi connectivity index (χ0n) is 30.6. The van der Waals surface area contributed by atoms with Crippen LogP contribution in [0.1, 0.15) is 79.7 Å². The Morgan fingerprint density at radius 3 is 1.10 bits per heavy atom. The van der Waals surface area contributed by atoms with E-state index in [0.29, 0.717) is 17.1 Å². The van der Waals surface area contributed by atoms with Gasteiger partial charge in [0.25, 0.3) is 0 Å². The molecule has 0 aromatic heterocycles. The van der Waals surface area contributed by atoms with Crippen LogP contribution in [0, 0.1) is 0 Å². The maximum atomic E-state index is 11.8. The predicted octanol–water partition coefficient (Wildman–Crippen LogP) is 10.7. The van der Waals surface area contributed by atoms with Gasteiger partial charge in [0, 0.05) is 13.1 Å². The highest BCUT2D eigenvalue weighted by Crippen LogP contribution is 2.25. The van der Waals surface area contributed by atoms with E-state index < -0.39 is 29.1 Å². The molecule has 0 aliphatic rings. The quantitative estimate of drug-likeness (QED) is 0.0612. The predicted molar refractivity (Wildman–Crippen MR) is 200 cm³/mol. The topological polar surface area (TPSA) is 114 Å². The maximum Gasteiger partial charge on any atom is 0.514 e. The number of carbonyl (C=O) groups excluding carboxylic acids is 4. The van der Waals surface area contributed by atoms with Crippen LogP contribution >= 0.6 is 0 Å². The van der Waals surface area contributed by atoms with Crippen LogP contribution in [0.25, 0.3) is 28.3 Å². The van der Waals surface area contributed by atoms with Gasteiger partial charge < -0.3 is 23.7 Å². The molecule has 4 rings (SSSR count). The average Bonchev–Trinajstić information content (AvgIpc) is 3.02. The monoisotopic (exact) mass is 696 g/mol. The number of hydrogen-bond acceptors (Lipinski definition) is 9. The number of benzene rings is 4. The van der Waals surface area contributed by atoms with Gasteiger partial charge in [-0.05, 0) is 120 Å². The SMILES string of the molecule is CC(C)(C)OC(=O)/C=C/c1ccc(-c2ccc(OC(=O)OC(C)(C)C)cc2)cc1.CC(C)(C)OC(=O)Oc1ccc(-c2ccc(C=O)cc2)cc1.[HH]. The van der Waals surface area contributed by atoms with E-state index in [4.69, 9.17) is 23.7 Å². The fraction of sp³-hybridized carbons (Fsp3) is 0.286. The van der Waals surface area contributed by atoms with E-state index in [1.165, 1.54) is 6.08 Å². The summed E-state index contributed by atoms with van der Waals surface area (Å²) < 4.78 is 25.8. The first-order valence-corrected chi connectivity index (χ1v) is 16.4. The van der Waals surface area contributed by atoms with Gasteiger partial charge in [-0.15, -0.1) is 0 Å². The molecule has 0 fully saturated rings. The molecule has 51 heavy (non-hydrogen) atoms. The molecule has 0 saturated heterocycles. The highest BCUT2D eigenvalue weighted by atomic mass is 16.7. The summed E-state index contributed by atoms with van der Waals surface area (Å²) in [6, 6.07) is 29.3. The Bertz CT molecular complexity index is 1790. The van der Waals surface area contributed by atoms with Crippen molar-refractivity contribution in [2.75, 3.05) is 0 Å². The molecule has 0 saturated carbocycles. The molecule has 9 nitrogen and oxygen atoms in total. The minimum absolute atomic E-state index is 0. The molecule has 0 aliphatic heterocycles. The van der Waals surface area contributed by atoms with Gasteiger partial charge in [-0.2, -0.15) is 0 Å². The van der Waals surface area contributed by atoms with Gasteiger partial charge in [0.2, 0.25) is 0 Å². The molecule has 0 heterocycles. The zero-order valence-corrected chi connectivity index (χ0v) is 30.6. The van der Waals surface area contributed by atoms with E-state index in [2.05, 4.69) is 0 Å². The summed E-state index contributed by atoms with van der Waals surface area (Å²) in [4.78, 5) is 45.7. The highest BCUT2D eigenvalue weighted by Gasteiger charge is 2.19. The van der Waals surface area contributed by atoms with E-state index in [1.54, 1.807) is 84.0 Å². The summed E-state index contributed by atoms with van der Waals surface area (Å²) in [7, 11) is 0. The van der Waals surface area contributed by atoms with Crippen molar-refractivity contribution in [2.45, 2.75) is 79.1 Å². The average molecular weight is 697 g/mol. The van der Waals surface area contributed by atoms with Gasteiger partial charge in [-0.1, -0.05) is 72.8 Å². The van der Waals surface area contributed by atoms with Gasteiger partial charge in [0.1, 0.15) is 34.6 Å². The minimum atomic E-state index is -0.730. The first-order valence-electron chi connectivity index (χ1n) is 16.4.